The van der Waals surface area contributed by atoms with Gasteiger partial charge < -0.3 is 4.74 Å². The van der Waals surface area contributed by atoms with Crippen LogP contribution >= 0.6 is 11.6 Å². The van der Waals surface area contributed by atoms with Crippen molar-refractivity contribution in [3.8, 4) is 11.6 Å². The Kier molecular flexibility index (Phi) is 2.34. The van der Waals surface area contributed by atoms with E-state index in [9.17, 15) is 0 Å². The summed E-state index contributed by atoms with van der Waals surface area (Å²) in [6.07, 6.45) is 4.64. The summed E-state index contributed by atoms with van der Waals surface area (Å²) in [6.45, 7) is 0. The average molecular weight is 248 g/mol. The van der Waals surface area contributed by atoms with Gasteiger partial charge in [0.05, 0.1) is 6.20 Å². The van der Waals surface area contributed by atoms with Crippen LogP contribution in [0, 0.1) is 0 Å². The Morgan fingerprint density at radius 3 is 3.12 bits per heavy atom. The van der Waals surface area contributed by atoms with E-state index in [2.05, 4.69) is 20.1 Å². The van der Waals surface area contributed by atoms with Crippen molar-refractivity contribution in [2.24, 2.45) is 0 Å². The Labute approximate surface area is 101 Å². The molecule has 0 unspecified atom stereocenters. The van der Waals surface area contributed by atoms with Crippen LogP contribution in [0.15, 0.2) is 36.9 Å². The van der Waals surface area contributed by atoms with E-state index < -0.39 is 0 Å². The van der Waals surface area contributed by atoms with Crippen LogP contribution in [-0.4, -0.2) is 24.6 Å². The number of fused-ring (bicyclic) bond motifs is 1. The maximum atomic E-state index is 5.86. The van der Waals surface area contributed by atoms with Gasteiger partial charge in [-0.05, 0) is 12.1 Å². The summed E-state index contributed by atoms with van der Waals surface area (Å²) < 4.78 is 7.06. The van der Waals surface area contributed by atoms with Crippen LogP contribution in [-0.2, 0) is 0 Å². The smallest absolute Gasteiger partial charge is 0.256 e. The molecule has 0 radical (unpaired) electrons. The van der Waals surface area contributed by atoms with Crippen LogP contribution in [0.3, 0.4) is 0 Å². The molecule has 0 aromatic carbocycles. The Hall–Kier alpha value is -2.21. The van der Waals surface area contributed by atoms with Gasteiger partial charge in [-0.25, -0.2) is 0 Å². The highest BCUT2D eigenvalue weighted by Crippen LogP contribution is 2.22. The van der Waals surface area contributed by atoms with E-state index in [1.807, 2.05) is 0 Å². The zero-order valence-corrected chi connectivity index (χ0v) is 9.24. The number of nitrogens with zero attached hydrogens (tertiary/aromatic N) is 5. The standard InChI is InChI=1S/C10H6ClN5O/c11-8-4-9(16-10(15-8)13-6-14-16)17-7-2-1-3-12-5-7/h1-6H. The monoisotopic (exact) mass is 247 g/mol. The predicted octanol–water partition coefficient (Wildman–Crippen LogP) is 1.96. The highest BCUT2D eigenvalue weighted by Gasteiger charge is 2.08. The van der Waals surface area contributed by atoms with Crippen molar-refractivity contribution in [2.45, 2.75) is 0 Å². The minimum absolute atomic E-state index is 0.296. The van der Waals surface area contributed by atoms with Gasteiger partial charge in [-0.3, -0.25) is 4.98 Å². The highest BCUT2D eigenvalue weighted by molar-refractivity contribution is 6.29. The van der Waals surface area contributed by atoms with Gasteiger partial charge in [0.1, 0.15) is 17.2 Å². The third kappa shape index (κ3) is 1.90. The van der Waals surface area contributed by atoms with E-state index in [1.54, 1.807) is 30.6 Å². The lowest BCUT2D eigenvalue weighted by molar-refractivity contribution is 0.444. The summed E-state index contributed by atoms with van der Waals surface area (Å²) >= 11 is 5.86. The SMILES string of the molecule is Clc1cc(Oc2cccnc2)n2ncnc2n1. The summed E-state index contributed by atoms with van der Waals surface area (Å²) in [6, 6.07) is 5.12. The molecule has 0 spiro atoms. The Morgan fingerprint density at radius 2 is 2.29 bits per heavy atom. The van der Waals surface area contributed by atoms with E-state index in [-0.39, 0.29) is 0 Å². The second-order valence-electron chi connectivity index (χ2n) is 3.18. The number of pyridine rings is 1. The van der Waals surface area contributed by atoms with Gasteiger partial charge in [-0.2, -0.15) is 19.6 Å². The summed E-state index contributed by atoms with van der Waals surface area (Å²) in [7, 11) is 0. The molecule has 84 valence electrons. The quantitative estimate of drug-likeness (QED) is 0.648. The normalized spacial score (nSPS) is 10.6. The van der Waals surface area contributed by atoms with Crippen LogP contribution in [0.1, 0.15) is 0 Å². The molecule has 0 amide bonds. The number of hydrogen-bond donors (Lipinski definition) is 0. The number of hydrogen-bond acceptors (Lipinski definition) is 5. The van der Waals surface area contributed by atoms with E-state index in [1.165, 1.54) is 10.8 Å². The van der Waals surface area contributed by atoms with E-state index in [0.29, 0.717) is 22.6 Å². The third-order valence-corrected chi connectivity index (χ3v) is 2.24. The van der Waals surface area contributed by atoms with Gasteiger partial charge in [0.15, 0.2) is 0 Å². The molecule has 0 saturated carbocycles. The minimum Gasteiger partial charge on any atom is -0.437 e. The van der Waals surface area contributed by atoms with Crippen molar-refractivity contribution in [3.05, 3.63) is 42.1 Å². The van der Waals surface area contributed by atoms with Crippen LogP contribution in [0.25, 0.3) is 5.78 Å². The van der Waals surface area contributed by atoms with Gasteiger partial charge in [0.25, 0.3) is 5.78 Å². The maximum absolute atomic E-state index is 5.86. The van der Waals surface area contributed by atoms with E-state index in [4.69, 9.17) is 16.3 Å². The van der Waals surface area contributed by atoms with Crippen molar-refractivity contribution in [2.75, 3.05) is 0 Å². The molecule has 0 aliphatic rings. The van der Waals surface area contributed by atoms with Crippen molar-refractivity contribution < 1.29 is 4.74 Å². The second-order valence-corrected chi connectivity index (χ2v) is 3.57. The Morgan fingerprint density at radius 1 is 1.35 bits per heavy atom. The molecule has 3 heterocycles. The predicted molar refractivity (Wildman–Crippen MR) is 60.1 cm³/mol. The summed E-state index contributed by atoms with van der Waals surface area (Å²) in [4.78, 5) is 11.9. The van der Waals surface area contributed by atoms with Gasteiger partial charge in [0, 0.05) is 12.3 Å². The first-order valence-electron chi connectivity index (χ1n) is 4.77. The van der Waals surface area contributed by atoms with Gasteiger partial charge in [-0.15, -0.1) is 0 Å². The lowest BCUT2D eigenvalue weighted by Gasteiger charge is -2.06. The molecule has 3 rings (SSSR count). The maximum Gasteiger partial charge on any atom is 0.256 e. The first-order chi connectivity index (χ1) is 8.33. The van der Waals surface area contributed by atoms with Crippen LogP contribution in [0.5, 0.6) is 11.6 Å². The van der Waals surface area contributed by atoms with Crippen LogP contribution < -0.4 is 4.74 Å². The van der Waals surface area contributed by atoms with Gasteiger partial charge in [-0.1, -0.05) is 11.6 Å². The van der Waals surface area contributed by atoms with Gasteiger partial charge in [0.2, 0.25) is 5.88 Å². The van der Waals surface area contributed by atoms with Crippen molar-refractivity contribution in [1.29, 1.82) is 0 Å². The fourth-order valence-corrected chi connectivity index (χ4v) is 1.53. The molecule has 0 N–H and O–H groups in total. The summed E-state index contributed by atoms with van der Waals surface area (Å²) in [5.41, 5.74) is 0. The Bertz CT molecular complexity index is 654. The number of halogens is 1. The molecular weight excluding hydrogens is 242 g/mol. The fourth-order valence-electron chi connectivity index (χ4n) is 1.36. The van der Waals surface area contributed by atoms with E-state index >= 15 is 0 Å². The second kappa shape index (κ2) is 3.99. The minimum atomic E-state index is 0.296. The fraction of sp³-hybridized carbons (Fsp3) is 0. The largest absolute Gasteiger partial charge is 0.437 e. The lowest BCUT2D eigenvalue weighted by atomic mass is 10.5. The number of rotatable bonds is 2. The third-order valence-electron chi connectivity index (χ3n) is 2.04. The van der Waals surface area contributed by atoms with Crippen LogP contribution in [0.4, 0.5) is 0 Å². The average Bonchev–Trinajstić information content (AvgIpc) is 2.78. The molecule has 0 saturated heterocycles. The lowest BCUT2D eigenvalue weighted by Crippen LogP contribution is -1.97. The Balaban J connectivity index is 2.08. The summed E-state index contributed by atoms with van der Waals surface area (Å²) in [5.74, 6) is 1.41. The molecule has 6 nitrogen and oxygen atoms in total. The van der Waals surface area contributed by atoms with Crippen molar-refractivity contribution in [3.63, 3.8) is 0 Å². The van der Waals surface area contributed by atoms with Crippen LogP contribution in [0.2, 0.25) is 5.15 Å². The molecular formula is C10H6ClN5O. The number of aromatic nitrogens is 5. The molecule has 3 aromatic heterocycles. The summed E-state index contributed by atoms with van der Waals surface area (Å²) in [5, 5.41) is 4.29. The topological polar surface area (TPSA) is 65.2 Å². The zero-order valence-electron chi connectivity index (χ0n) is 8.49. The van der Waals surface area contributed by atoms with Gasteiger partial charge >= 0.3 is 0 Å². The molecule has 17 heavy (non-hydrogen) atoms. The molecule has 0 atom stereocenters. The highest BCUT2D eigenvalue weighted by atomic mass is 35.5. The van der Waals surface area contributed by atoms with Crippen molar-refractivity contribution in [1.82, 2.24) is 24.6 Å². The molecule has 3 aromatic rings. The first kappa shape index (κ1) is 9.98. The molecule has 0 fully saturated rings. The number of ether oxygens (including phenoxy) is 1. The molecule has 0 aliphatic heterocycles. The zero-order chi connectivity index (χ0) is 11.7. The first-order valence-corrected chi connectivity index (χ1v) is 5.15. The molecule has 7 heteroatoms. The molecule has 0 bridgehead atoms. The van der Waals surface area contributed by atoms with Crippen molar-refractivity contribution >= 4 is 17.4 Å². The van der Waals surface area contributed by atoms with E-state index in [0.717, 1.165) is 0 Å². The molecule has 0 aliphatic carbocycles.